The maximum Gasteiger partial charge on any atom is 0.306 e. The largest absolute Gasteiger partial charge is 0.504 e. The number of phenols is 3. The topological polar surface area (TPSA) is 127 Å². The van der Waals surface area contributed by atoms with Crippen molar-refractivity contribution >= 4 is 11.9 Å². The van der Waals surface area contributed by atoms with Crippen LogP contribution in [-0.2, 0) is 16.0 Å². The first kappa shape index (κ1) is 17.9. The van der Waals surface area contributed by atoms with Crippen molar-refractivity contribution < 1.29 is 30.0 Å². The molecule has 0 heterocycles. The van der Waals surface area contributed by atoms with Crippen LogP contribution in [0.5, 0.6) is 17.2 Å². The molecule has 0 aliphatic heterocycles. The maximum absolute atomic E-state index is 11.9. The summed E-state index contributed by atoms with van der Waals surface area (Å²) in [5.41, 5.74) is 0.555. The van der Waals surface area contributed by atoms with E-state index in [4.69, 9.17) is 5.11 Å². The van der Waals surface area contributed by atoms with Gasteiger partial charge in [-0.15, -0.1) is 0 Å². The Kier molecular flexibility index (Phi) is 5.89. The average Bonchev–Trinajstić information content (AvgIpc) is 2.56. The summed E-state index contributed by atoms with van der Waals surface area (Å²) in [5, 5.41) is 39.9. The number of carboxylic acids is 1. The molecule has 1 fully saturated rings. The van der Waals surface area contributed by atoms with E-state index in [1.807, 2.05) is 0 Å². The second-order valence-electron chi connectivity index (χ2n) is 6.34. The Hall–Kier alpha value is -2.44. The van der Waals surface area contributed by atoms with Crippen LogP contribution < -0.4 is 5.32 Å². The van der Waals surface area contributed by atoms with Crippen LogP contribution >= 0.6 is 0 Å². The molecular weight excluding hydrogens is 314 g/mol. The zero-order valence-corrected chi connectivity index (χ0v) is 13.4. The minimum absolute atomic E-state index is 0.137. The van der Waals surface area contributed by atoms with Crippen molar-refractivity contribution in [3.63, 3.8) is 0 Å². The molecule has 132 valence electrons. The van der Waals surface area contributed by atoms with Gasteiger partial charge in [0.15, 0.2) is 17.2 Å². The average molecular weight is 337 g/mol. The van der Waals surface area contributed by atoms with Crippen LogP contribution in [0.2, 0.25) is 0 Å². The fourth-order valence-corrected chi connectivity index (χ4v) is 3.02. The van der Waals surface area contributed by atoms with E-state index in [0.717, 1.165) is 12.8 Å². The number of carbonyl (C=O) groups is 2. The zero-order valence-electron chi connectivity index (χ0n) is 13.4. The molecule has 5 N–H and O–H groups in total. The standard InChI is InChI=1S/C17H23NO6/c19-13-7-11(8-14(20)16(13)22)3-6-15(21)18-9-10-1-4-12(5-2-10)17(23)24/h7-8,10,12,19-20,22H,1-6,9H2,(H,18,21)(H,23,24). The molecule has 1 aromatic rings. The molecular formula is C17H23NO6. The van der Waals surface area contributed by atoms with Gasteiger partial charge in [-0.1, -0.05) is 0 Å². The normalized spacial score (nSPS) is 20.5. The summed E-state index contributed by atoms with van der Waals surface area (Å²) in [6.07, 6.45) is 3.45. The second-order valence-corrected chi connectivity index (χ2v) is 6.34. The highest BCUT2D eigenvalue weighted by molar-refractivity contribution is 5.76. The molecule has 7 nitrogen and oxygen atoms in total. The highest BCUT2D eigenvalue weighted by Crippen LogP contribution is 2.35. The third-order valence-corrected chi connectivity index (χ3v) is 4.55. The van der Waals surface area contributed by atoms with Gasteiger partial charge in [-0.3, -0.25) is 9.59 Å². The maximum atomic E-state index is 11.9. The van der Waals surface area contributed by atoms with Gasteiger partial charge in [0.1, 0.15) is 0 Å². The number of carboxylic acid groups (broad SMARTS) is 1. The number of aromatic hydroxyl groups is 3. The Morgan fingerprint density at radius 1 is 1.04 bits per heavy atom. The number of phenolic OH excluding ortho intramolecular Hbond substituents is 3. The van der Waals surface area contributed by atoms with Crippen molar-refractivity contribution in [3.05, 3.63) is 17.7 Å². The molecule has 24 heavy (non-hydrogen) atoms. The van der Waals surface area contributed by atoms with Gasteiger partial charge in [0, 0.05) is 13.0 Å². The summed E-state index contributed by atoms with van der Waals surface area (Å²) < 4.78 is 0. The van der Waals surface area contributed by atoms with E-state index in [2.05, 4.69) is 5.32 Å². The van der Waals surface area contributed by atoms with E-state index >= 15 is 0 Å². The van der Waals surface area contributed by atoms with Gasteiger partial charge in [0.25, 0.3) is 0 Å². The Morgan fingerprint density at radius 3 is 2.17 bits per heavy atom. The van der Waals surface area contributed by atoms with Crippen LogP contribution in [0, 0.1) is 11.8 Å². The third kappa shape index (κ3) is 4.78. The number of amides is 1. The van der Waals surface area contributed by atoms with Gasteiger partial charge in [0.2, 0.25) is 5.91 Å². The SMILES string of the molecule is O=C(CCc1cc(O)c(O)c(O)c1)NCC1CCC(C(=O)O)CC1. The summed E-state index contributed by atoms with van der Waals surface area (Å²) in [6, 6.07) is 2.63. The van der Waals surface area contributed by atoms with Crippen LogP contribution in [0.1, 0.15) is 37.7 Å². The van der Waals surface area contributed by atoms with Crippen LogP contribution in [-0.4, -0.2) is 38.8 Å². The van der Waals surface area contributed by atoms with E-state index < -0.39 is 23.2 Å². The van der Waals surface area contributed by atoms with Crippen LogP contribution in [0.3, 0.4) is 0 Å². The molecule has 1 aliphatic carbocycles. The van der Waals surface area contributed by atoms with E-state index in [0.29, 0.717) is 37.3 Å². The number of aliphatic carboxylic acids is 1. The predicted octanol–water partition coefficient (Wildman–Crippen LogP) is 1.74. The van der Waals surface area contributed by atoms with Crippen LogP contribution in [0.4, 0.5) is 0 Å². The lowest BCUT2D eigenvalue weighted by atomic mass is 9.82. The lowest BCUT2D eigenvalue weighted by molar-refractivity contribution is -0.143. The second kappa shape index (κ2) is 7.90. The number of rotatable bonds is 6. The molecule has 2 rings (SSSR count). The van der Waals surface area contributed by atoms with E-state index in [-0.39, 0.29) is 18.2 Å². The molecule has 0 spiro atoms. The summed E-state index contributed by atoms with van der Waals surface area (Å²) >= 11 is 0. The molecule has 0 radical (unpaired) electrons. The van der Waals surface area contributed by atoms with Crippen molar-refractivity contribution in [1.29, 1.82) is 0 Å². The monoisotopic (exact) mass is 337 g/mol. The Bertz CT molecular complexity index is 584. The Labute approximate surface area is 139 Å². The molecule has 7 heteroatoms. The molecule has 1 amide bonds. The molecule has 0 bridgehead atoms. The summed E-state index contributed by atoms with van der Waals surface area (Å²) in [7, 11) is 0. The van der Waals surface area contributed by atoms with Crippen molar-refractivity contribution in [1.82, 2.24) is 5.32 Å². The number of aryl methyl sites for hydroxylation is 1. The Morgan fingerprint density at radius 2 is 1.62 bits per heavy atom. The fourth-order valence-electron chi connectivity index (χ4n) is 3.02. The molecule has 1 aliphatic rings. The first-order valence-electron chi connectivity index (χ1n) is 8.10. The summed E-state index contributed by atoms with van der Waals surface area (Å²) in [6.45, 7) is 0.539. The zero-order chi connectivity index (χ0) is 17.7. The molecule has 0 atom stereocenters. The number of benzene rings is 1. The highest BCUT2D eigenvalue weighted by atomic mass is 16.4. The van der Waals surface area contributed by atoms with Crippen molar-refractivity contribution in [2.45, 2.75) is 38.5 Å². The first-order chi connectivity index (χ1) is 11.4. The predicted molar refractivity (Wildman–Crippen MR) is 85.9 cm³/mol. The minimum atomic E-state index is -0.738. The number of nitrogens with one attached hydrogen (secondary N) is 1. The van der Waals surface area contributed by atoms with Gasteiger partial charge in [-0.2, -0.15) is 0 Å². The van der Waals surface area contributed by atoms with Gasteiger partial charge in [-0.25, -0.2) is 0 Å². The van der Waals surface area contributed by atoms with Crippen molar-refractivity contribution in [2.75, 3.05) is 6.54 Å². The fraction of sp³-hybridized carbons (Fsp3) is 0.529. The molecule has 0 aromatic heterocycles. The Balaban J connectivity index is 1.72. The third-order valence-electron chi connectivity index (χ3n) is 4.55. The number of hydrogen-bond donors (Lipinski definition) is 5. The summed E-state index contributed by atoms with van der Waals surface area (Å²) in [5.74, 6) is -2.22. The van der Waals surface area contributed by atoms with Crippen LogP contribution in [0.15, 0.2) is 12.1 Å². The van der Waals surface area contributed by atoms with E-state index in [1.54, 1.807) is 0 Å². The quantitative estimate of drug-likeness (QED) is 0.503. The molecule has 1 aromatic carbocycles. The lowest BCUT2D eigenvalue weighted by Gasteiger charge is -2.26. The molecule has 0 saturated heterocycles. The van der Waals surface area contributed by atoms with Gasteiger partial charge in [0.05, 0.1) is 5.92 Å². The van der Waals surface area contributed by atoms with Crippen LogP contribution in [0.25, 0.3) is 0 Å². The number of hydrogen-bond acceptors (Lipinski definition) is 5. The lowest BCUT2D eigenvalue weighted by Crippen LogP contribution is -2.32. The van der Waals surface area contributed by atoms with Gasteiger partial charge < -0.3 is 25.7 Å². The van der Waals surface area contributed by atoms with Crippen molar-refractivity contribution in [2.24, 2.45) is 11.8 Å². The first-order valence-corrected chi connectivity index (χ1v) is 8.10. The summed E-state index contributed by atoms with van der Waals surface area (Å²) in [4.78, 5) is 22.8. The smallest absolute Gasteiger partial charge is 0.306 e. The number of carbonyl (C=O) groups excluding carboxylic acids is 1. The van der Waals surface area contributed by atoms with E-state index in [1.165, 1.54) is 12.1 Å². The van der Waals surface area contributed by atoms with Crippen molar-refractivity contribution in [3.8, 4) is 17.2 Å². The minimum Gasteiger partial charge on any atom is -0.504 e. The molecule has 0 unspecified atom stereocenters. The molecule has 1 saturated carbocycles. The highest BCUT2D eigenvalue weighted by Gasteiger charge is 2.25. The van der Waals surface area contributed by atoms with Gasteiger partial charge >= 0.3 is 5.97 Å². The van der Waals surface area contributed by atoms with Gasteiger partial charge in [-0.05, 0) is 55.7 Å². The van der Waals surface area contributed by atoms with E-state index in [9.17, 15) is 24.9 Å².